The Balaban J connectivity index is 5.49. The van der Waals surface area contributed by atoms with Crippen molar-refractivity contribution >= 4 is 39.5 Å². The van der Waals surface area contributed by atoms with E-state index in [1.54, 1.807) is 0 Å². The Hall–Kier alpha value is -6.10. The molecule has 110 heavy (non-hydrogen) atoms. The van der Waals surface area contributed by atoms with Gasteiger partial charge in [-0.3, -0.25) is 37.3 Å². The molecule has 0 aromatic carbocycles. The second-order valence-corrected chi connectivity index (χ2v) is 29.8. The van der Waals surface area contributed by atoms with Gasteiger partial charge in [0.15, 0.2) is 12.2 Å². The first kappa shape index (κ1) is 104. The Bertz CT molecular complexity index is 2850. The largest absolute Gasteiger partial charge is 0.472 e. The molecule has 0 heterocycles. The van der Waals surface area contributed by atoms with Crippen molar-refractivity contribution in [3.63, 3.8) is 0 Å². The fourth-order valence-corrected chi connectivity index (χ4v) is 11.9. The molecule has 3 N–H and O–H groups in total. The summed E-state index contributed by atoms with van der Waals surface area (Å²) in [7, 11) is -10.0. The van der Waals surface area contributed by atoms with Crippen molar-refractivity contribution in [3.8, 4) is 0 Å². The molecule has 0 radical (unpaired) electrons. The minimum atomic E-state index is -5.01. The van der Waals surface area contributed by atoms with Crippen molar-refractivity contribution in [2.24, 2.45) is 0 Å². The molecule has 0 rings (SSSR count). The maximum absolute atomic E-state index is 13.1. The average molecular weight is 1570 g/mol. The van der Waals surface area contributed by atoms with Crippen LogP contribution < -0.4 is 0 Å². The maximum atomic E-state index is 13.1. The summed E-state index contributed by atoms with van der Waals surface area (Å²) >= 11 is 0. The molecule has 19 heteroatoms. The molecule has 622 valence electrons. The topological polar surface area (TPSA) is 237 Å². The highest BCUT2D eigenvalue weighted by Gasteiger charge is 2.30. The van der Waals surface area contributed by atoms with Crippen LogP contribution in [0.5, 0.6) is 0 Å². The van der Waals surface area contributed by atoms with E-state index in [1.807, 2.05) is 0 Å². The van der Waals surface area contributed by atoms with E-state index in [0.717, 1.165) is 218 Å². The lowest BCUT2D eigenvalue weighted by Gasteiger charge is -2.21. The van der Waals surface area contributed by atoms with Crippen molar-refractivity contribution in [1.82, 2.24) is 0 Å². The molecular weight excluding hydrogens is 1430 g/mol. The number of carbonyl (C=O) groups is 4. The second-order valence-electron chi connectivity index (χ2n) is 26.9. The third-order valence-electron chi connectivity index (χ3n) is 16.5. The van der Waals surface area contributed by atoms with E-state index in [9.17, 15) is 43.2 Å². The Kier molecular flexibility index (Phi) is 76.4. The zero-order valence-electron chi connectivity index (χ0n) is 68.1. The Morgan fingerprint density at radius 1 is 0.255 bits per heavy atom. The number of rotatable bonds is 76. The van der Waals surface area contributed by atoms with Crippen molar-refractivity contribution < 1.29 is 80.2 Å². The lowest BCUT2D eigenvalue weighted by atomic mass is 10.1. The normalized spacial score (nSPS) is 14.8. The van der Waals surface area contributed by atoms with Gasteiger partial charge in [-0.1, -0.05) is 286 Å². The highest BCUT2D eigenvalue weighted by molar-refractivity contribution is 7.47. The third kappa shape index (κ3) is 80.0. The SMILES string of the molecule is CC/C=C\C/C=C\C/C=C\C/C=C\C/C=C\CCCCCC(=O)OCC(COP(=O)(O)OCC(O)COP(=O)(O)OCC(COC(=O)CCCCCCCCC/C=C\C/C=C\C/C=C\CC)OC(=O)CCCCCCC/C=C\C/C=C\C/C=C\CC)OC(=O)CCCCC/C=C\C/C=C\C/C=C\C/C=C\C/C=C\CC. The van der Waals surface area contributed by atoms with E-state index in [2.05, 4.69) is 222 Å². The monoisotopic (exact) mass is 1570 g/mol. The number of ether oxygens (including phenoxy) is 4. The first-order valence-electron chi connectivity index (χ1n) is 41.7. The molecule has 0 saturated heterocycles. The maximum Gasteiger partial charge on any atom is 0.472 e. The number of hydrogen-bond donors (Lipinski definition) is 3. The molecule has 0 bridgehead atoms. The standard InChI is InChI=1S/C91H146O17P2/c1-5-9-13-17-21-25-29-33-37-40-42-45-49-52-56-60-64-68-72-76-89(94)102-82-87(108-91(96)78-74-70-66-62-58-54-50-46-43-41-38-34-30-26-22-18-14-10-6-2)84-106-110(99,100)104-80-85(92)79-103-109(97,98)105-83-86(107-90(95)77-73-69-65-61-57-53-47-36-32-28-24-20-16-12-8-4)81-101-88(93)75-71-67-63-59-55-51-48-44-39-35-31-27-23-19-15-11-7-3/h9-16,21-28,33-39,42-43,45-47,52,54,56,58,85-87,92H,5-8,17-20,29-32,40-41,44,48-51,53,55,57,59-84H2,1-4H3,(H,97,98)(H,99,100)/b13-9-,14-10-,15-11-,16-12-,25-21-,26-22-,27-23-,28-24-,37-33-,38-34-,39-35-,45-42-,46-43-,47-36-,56-52-,58-54-. The zero-order valence-corrected chi connectivity index (χ0v) is 69.9. The molecule has 0 aliphatic rings. The summed E-state index contributed by atoms with van der Waals surface area (Å²) in [5.74, 6) is -2.29. The number of aliphatic hydroxyl groups excluding tert-OH is 1. The molecule has 0 saturated carbocycles. The lowest BCUT2D eigenvalue weighted by molar-refractivity contribution is -0.161. The van der Waals surface area contributed by atoms with Gasteiger partial charge in [0, 0.05) is 25.7 Å². The first-order valence-corrected chi connectivity index (χ1v) is 44.7. The van der Waals surface area contributed by atoms with Crippen LogP contribution in [0, 0.1) is 0 Å². The number of allylic oxidation sites excluding steroid dienone is 32. The molecule has 5 atom stereocenters. The second kappa shape index (κ2) is 80.9. The molecule has 0 aliphatic heterocycles. The number of esters is 4. The van der Waals surface area contributed by atoms with Crippen LogP contribution in [-0.4, -0.2) is 96.7 Å². The zero-order chi connectivity index (χ0) is 80.3. The van der Waals surface area contributed by atoms with Crippen molar-refractivity contribution in [1.29, 1.82) is 0 Å². The van der Waals surface area contributed by atoms with Crippen LogP contribution in [0.4, 0.5) is 0 Å². The predicted octanol–water partition coefficient (Wildman–Crippen LogP) is 24.9. The Morgan fingerprint density at radius 2 is 0.445 bits per heavy atom. The van der Waals surface area contributed by atoms with Gasteiger partial charge in [-0.2, -0.15) is 0 Å². The van der Waals surface area contributed by atoms with Crippen LogP contribution in [0.15, 0.2) is 194 Å². The lowest BCUT2D eigenvalue weighted by Crippen LogP contribution is -2.30. The smallest absolute Gasteiger partial charge is 0.462 e. The van der Waals surface area contributed by atoms with Crippen molar-refractivity contribution in [3.05, 3.63) is 194 Å². The van der Waals surface area contributed by atoms with Gasteiger partial charge in [0.25, 0.3) is 0 Å². The highest BCUT2D eigenvalue weighted by Crippen LogP contribution is 2.45. The average Bonchev–Trinajstić information content (AvgIpc) is 0.900. The minimum Gasteiger partial charge on any atom is -0.462 e. The number of phosphoric ester groups is 2. The molecule has 0 spiro atoms. The van der Waals surface area contributed by atoms with Crippen LogP contribution in [0.3, 0.4) is 0 Å². The van der Waals surface area contributed by atoms with Crippen molar-refractivity contribution in [2.75, 3.05) is 39.6 Å². The van der Waals surface area contributed by atoms with Gasteiger partial charge in [0.05, 0.1) is 26.4 Å². The number of carbonyl (C=O) groups excluding carboxylic acids is 4. The van der Waals surface area contributed by atoms with E-state index in [0.29, 0.717) is 25.7 Å². The summed E-state index contributed by atoms with van der Waals surface area (Å²) in [4.78, 5) is 73.2. The van der Waals surface area contributed by atoms with Gasteiger partial charge < -0.3 is 33.8 Å². The molecular formula is C91H146O17P2. The molecule has 17 nitrogen and oxygen atoms in total. The van der Waals surface area contributed by atoms with E-state index >= 15 is 0 Å². The van der Waals surface area contributed by atoms with Crippen LogP contribution in [0.1, 0.15) is 297 Å². The summed E-state index contributed by atoms with van der Waals surface area (Å²) in [5, 5.41) is 10.7. The van der Waals surface area contributed by atoms with Crippen molar-refractivity contribution in [2.45, 2.75) is 316 Å². The van der Waals surface area contributed by atoms with Gasteiger partial charge in [0.2, 0.25) is 0 Å². The Labute approximate surface area is 666 Å². The van der Waals surface area contributed by atoms with Gasteiger partial charge in [-0.15, -0.1) is 0 Å². The van der Waals surface area contributed by atoms with Crippen LogP contribution in [-0.2, 0) is 65.4 Å². The van der Waals surface area contributed by atoms with Crippen LogP contribution in [0.2, 0.25) is 0 Å². The summed E-state index contributed by atoms with van der Waals surface area (Å²) < 4.78 is 68.7. The third-order valence-corrected chi connectivity index (χ3v) is 18.4. The minimum absolute atomic E-state index is 0.0396. The van der Waals surface area contributed by atoms with Crippen LogP contribution >= 0.6 is 15.6 Å². The van der Waals surface area contributed by atoms with E-state index in [-0.39, 0.29) is 25.7 Å². The fourth-order valence-electron chi connectivity index (χ4n) is 10.4. The summed E-state index contributed by atoms with van der Waals surface area (Å²) in [5.41, 5.74) is 0. The quantitative estimate of drug-likeness (QED) is 0.0169. The van der Waals surface area contributed by atoms with Crippen LogP contribution in [0.25, 0.3) is 0 Å². The van der Waals surface area contributed by atoms with E-state index in [4.69, 9.17) is 37.0 Å². The molecule has 0 fully saturated rings. The number of aliphatic hydroxyl groups is 1. The summed E-state index contributed by atoms with van der Waals surface area (Å²) in [6.45, 7) is 4.31. The molecule has 5 unspecified atom stereocenters. The molecule has 0 aromatic heterocycles. The molecule has 0 aliphatic carbocycles. The number of phosphoric acid groups is 2. The number of hydrogen-bond acceptors (Lipinski definition) is 15. The summed E-state index contributed by atoms with van der Waals surface area (Å²) in [6.07, 6.45) is 99.7. The first-order chi connectivity index (χ1) is 53.7. The van der Waals surface area contributed by atoms with E-state index < -0.39 is 97.5 Å². The highest BCUT2D eigenvalue weighted by atomic mass is 31.2. The summed E-state index contributed by atoms with van der Waals surface area (Å²) in [6, 6.07) is 0. The van der Waals surface area contributed by atoms with Gasteiger partial charge in [0.1, 0.15) is 19.3 Å². The predicted molar refractivity (Wildman–Crippen MR) is 454 cm³/mol. The van der Waals surface area contributed by atoms with Gasteiger partial charge >= 0.3 is 39.5 Å². The fraction of sp³-hybridized carbons (Fsp3) is 0.604. The molecule has 0 aromatic rings. The van der Waals surface area contributed by atoms with Gasteiger partial charge in [-0.25, -0.2) is 9.13 Å². The number of unbranched alkanes of at least 4 members (excludes halogenated alkanes) is 18. The molecule has 0 amide bonds. The van der Waals surface area contributed by atoms with Gasteiger partial charge in [-0.05, 0) is 180 Å². The van der Waals surface area contributed by atoms with E-state index in [1.165, 1.54) is 0 Å². The Morgan fingerprint density at radius 3 is 0.691 bits per heavy atom.